The summed E-state index contributed by atoms with van der Waals surface area (Å²) in [5.41, 5.74) is 1.45. The molecule has 3 aromatic carbocycles. The number of carbonyl (C=O) groups is 1. The molecular weight excluding hydrogens is 492 g/mol. The number of rotatable bonds is 6. The molecule has 1 heterocycles. The van der Waals surface area contributed by atoms with Gasteiger partial charge in [-0.05, 0) is 84.6 Å². The van der Waals surface area contributed by atoms with Crippen LogP contribution in [0.5, 0.6) is 5.75 Å². The van der Waals surface area contributed by atoms with Crippen LogP contribution in [0.2, 0.25) is 5.02 Å². The topological polar surface area (TPSA) is 62.1 Å². The minimum absolute atomic E-state index is 0.124. The molecule has 0 aromatic heterocycles. The zero-order valence-electron chi connectivity index (χ0n) is 17.5. The fraction of sp³-hybridized carbons (Fsp3) is 0.200. The minimum Gasteiger partial charge on any atom is -0.497 e. The van der Waals surface area contributed by atoms with Crippen molar-refractivity contribution >= 4 is 44.8 Å². The van der Waals surface area contributed by atoms with Crippen molar-refractivity contribution in [2.24, 2.45) is 5.10 Å². The second-order valence-corrected chi connectivity index (χ2v) is 9.06. The monoisotopic (exact) mass is 512 g/mol. The third-order valence-corrected chi connectivity index (χ3v) is 6.29. The van der Waals surface area contributed by atoms with Crippen LogP contribution in [0.4, 0.5) is 5.69 Å². The van der Waals surface area contributed by atoms with Crippen LogP contribution in [-0.4, -0.2) is 29.4 Å². The summed E-state index contributed by atoms with van der Waals surface area (Å²) in [6.07, 6.45) is 0.915. The molecule has 1 N–H and O–H groups in total. The van der Waals surface area contributed by atoms with E-state index < -0.39 is 11.5 Å². The highest BCUT2D eigenvalue weighted by molar-refractivity contribution is 9.10. The molecule has 4 rings (SSSR count). The predicted octanol–water partition coefficient (Wildman–Crippen LogP) is 5.62. The molecule has 0 spiro atoms. The van der Waals surface area contributed by atoms with Gasteiger partial charge in [0.1, 0.15) is 5.75 Å². The van der Waals surface area contributed by atoms with Crippen molar-refractivity contribution in [2.45, 2.75) is 24.9 Å². The normalized spacial score (nSPS) is 18.4. The number of aliphatic hydroxyl groups is 1. The molecule has 1 unspecified atom stereocenters. The Hall–Kier alpha value is -2.67. The number of benzene rings is 3. The average Bonchev–Trinajstić information content (AvgIpc) is 2.81. The molecule has 0 aliphatic carbocycles. The highest BCUT2D eigenvalue weighted by atomic mass is 79.9. The van der Waals surface area contributed by atoms with Gasteiger partial charge >= 0.3 is 0 Å². The Morgan fingerprint density at radius 3 is 2.34 bits per heavy atom. The Labute approximate surface area is 200 Å². The lowest BCUT2D eigenvalue weighted by Crippen LogP contribution is -2.53. The first-order chi connectivity index (χ1) is 15.4. The van der Waals surface area contributed by atoms with Gasteiger partial charge in [-0.1, -0.05) is 39.7 Å². The molecule has 3 aromatic rings. The average molecular weight is 514 g/mol. The maximum atomic E-state index is 13.4. The Bertz CT molecular complexity index is 1130. The third kappa shape index (κ3) is 4.88. The molecule has 0 saturated carbocycles. The van der Waals surface area contributed by atoms with Gasteiger partial charge in [0, 0.05) is 15.9 Å². The van der Waals surface area contributed by atoms with Crippen LogP contribution < -0.4 is 9.75 Å². The van der Waals surface area contributed by atoms with E-state index >= 15 is 0 Å². The molecule has 0 bridgehead atoms. The molecule has 7 heteroatoms. The van der Waals surface area contributed by atoms with Gasteiger partial charge in [-0.25, -0.2) is 0 Å². The summed E-state index contributed by atoms with van der Waals surface area (Å²) in [4.78, 5) is 13.4. The second kappa shape index (κ2) is 9.45. The molecule has 164 valence electrons. The van der Waals surface area contributed by atoms with Gasteiger partial charge in [-0.15, -0.1) is 0 Å². The number of amides is 1. The van der Waals surface area contributed by atoms with Gasteiger partial charge in [0.05, 0.1) is 18.5 Å². The lowest BCUT2D eigenvalue weighted by molar-refractivity contribution is -0.137. The van der Waals surface area contributed by atoms with E-state index in [2.05, 4.69) is 21.0 Å². The lowest BCUT2D eigenvalue weighted by Gasteiger charge is -2.36. The van der Waals surface area contributed by atoms with Crippen LogP contribution in [0, 0.1) is 0 Å². The summed E-state index contributed by atoms with van der Waals surface area (Å²) >= 11 is 9.39. The number of ether oxygens (including phenoxy) is 1. The summed E-state index contributed by atoms with van der Waals surface area (Å²) in [5, 5.41) is 18.1. The van der Waals surface area contributed by atoms with Crippen molar-refractivity contribution in [1.82, 2.24) is 0 Å². The van der Waals surface area contributed by atoms with Crippen molar-refractivity contribution in [3.05, 3.63) is 93.4 Å². The SMILES string of the molecule is COc1ccc(C2=NN(c3ccc(Br)cc3)C(=O)C(O)(CCc3ccc(Cl)cc3)C2)cc1. The molecule has 1 aliphatic heterocycles. The maximum absolute atomic E-state index is 13.4. The van der Waals surface area contributed by atoms with Crippen molar-refractivity contribution in [3.8, 4) is 5.75 Å². The molecule has 1 atom stereocenters. The number of aryl methyl sites for hydroxylation is 1. The molecule has 0 fully saturated rings. The van der Waals surface area contributed by atoms with E-state index in [4.69, 9.17) is 16.3 Å². The number of hydrogen-bond donors (Lipinski definition) is 1. The molecule has 0 radical (unpaired) electrons. The number of hydrogen-bond acceptors (Lipinski definition) is 4. The molecule has 0 saturated heterocycles. The molecular formula is C25H22BrClN2O3. The zero-order chi connectivity index (χ0) is 22.7. The van der Waals surface area contributed by atoms with Gasteiger partial charge in [0.15, 0.2) is 5.60 Å². The van der Waals surface area contributed by atoms with Crippen molar-refractivity contribution in [3.63, 3.8) is 0 Å². The van der Waals surface area contributed by atoms with Crippen LogP contribution in [-0.2, 0) is 11.2 Å². The Morgan fingerprint density at radius 2 is 1.72 bits per heavy atom. The smallest absolute Gasteiger partial charge is 0.279 e. The van der Waals surface area contributed by atoms with Crippen LogP contribution in [0.15, 0.2) is 82.4 Å². The number of anilines is 1. The number of hydrazone groups is 1. The van der Waals surface area contributed by atoms with E-state index in [9.17, 15) is 9.90 Å². The summed E-state index contributed by atoms with van der Waals surface area (Å²) in [6.45, 7) is 0. The van der Waals surface area contributed by atoms with E-state index in [0.29, 0.717) is 22.8 Å². The van der Waals surface area contributed by atoms with Crippen molar-refractivity contribution in [1.29, 1.82) is 0 Å². The van der Waals surface area contributed by atoms with Crippen LogP contribution in [0.25, 0.3) is 0 Å². The summed E-state index contributed by atoms with van der Waals surface area (Å²) in [7, 11) is 1.61. The van der Waals surface area contributed by atoms with Gasteiger partial charge in [-0.2, -0.15) is 10.1 Å². The first-order valence-electron chi connectivity index (χ1n) is 10.2. The molecule has 32 heavy (non-hydrogen) atoms. The molecule has 1 aliphatic rings. The van der Waals surface area contributed by atoms with Gasteiger partial charge in [0.25, 0.3) is 5.91 Å². The van der Waals surface area contributed by atoms with E-state index in [1.165, 1.54) is 5.01 Å². The van der Waals surface area contributed by atoms with Crippen LogP contribution in [0.3, 0.4) is 0 Å². The van der Waals surface area contributed by atoms with Crippen molar-refractivity contribution < 1.29 is 14.6 Å². The van der Waals surface area contributed by atoms with Crippen LogP contribution >= 0.6 is 27.5 Å². The summed E-state index contributed by atoms with van der Waals surface area (Å²) in [6, 6.07) is 22.1. The van der Waals surface area contributed by atoms with Crippen molar-refractivity contribution in [2.75, 3.05) is 12.1 Å². The zero-order valence-corrected chi connectivity index (χ0v) is 19.8. The first-order valence-corrected chi connectivity index (χ1v) is 11.3. The van der Waals surface area contributed by atoms with Crippen LogP contribution in [0.1, 0.15) is 24.0 Å². The quantitative estimate of drug-likeness (QED) is 0.466. The highest BCUT2D eigenvalue weighted by Crippen LogP contribution is 2.32. The standard InChI is InChI=1S/C25H22BrClN2O3/c1-32-22-12-4-18(5-13-22)23-16-25(31,15-14-17-2-8-20(27)9-3-17)24(30)29(28-23)21-10-6-19(26)7-11-21/h2-13,31H,14-16H2,1H3. The Balaban J connectivity index is 1.68. The Kier molecular flexibility index (Phi) is 6.65. The number of halogens is 2. The fourth-order valence-electron chi connectivity index (χ4n) is 3.65. The van der Waals surface area contributed by atoms with E-state index in [-0.39, 0.29) is 12.8 Å². The number of methoxy groups -OCH3 is 1. The minimum atomic E-state index is -1.59. The van der Waals surface area contributed by atoms with Gasteiger partial charge in [0.2, 0.25) is 0 Å². The molecule has 5 nitrogen and oxygen atoms in total. The van der Waals surface area contributed by atoms with Gasteiger partial charge in [-0.3, -0.25) is 4.79 Å². The number of nitrogens with zero attached hydrogens (tertiary/aromatic N) is 2. The fourth-order valence-corrected chi connectivity index (χ4v) is 4.04. The first kappa shape index (κ1) is 22.5. The van der Waals surface area contributed by atoms with E-state index in [1.54, 1.807) is 19.2 Å². The number of carbonyl (C=O) groups excluding carboxylic acids is 1. The largest absolute Gasteiger partial charge is 0.497 e. The maximum Gasteiger partial charge on any atom is 0.279 e. The summed E-state index contributed by atoms with van der Waals surface area (Å²) in [5.74, 6) is 0.287. The lowest BCUT2D eigenvalue weighted by atomic mass is 9.85. The van der Waals surface area contributed by atoms with Gasteiger partial charge < -0.3 is 9.84 Å². The second-order valence-electron chi connectivity index (χ2n) is 7.70. The summed E-state index contributed by atoms with van der Waals surface area (Å²) < 4.78 is 6.14. The predicted molar refractivity (Wildman–Crippen MR) is 130 cm³/mol. The third-order valence-electron chi connectivity index (χ3n) is 5.51. The Morgan fingerprint density at radius 1 is 1.06 bits per heavy atom. The van der Waals surface area contributed by atoms with E-state index in [1.807, 2.05) is 60.7 Å². The highest BCUT2D eigenvalue weighted by Gasteiger charge is 2.44. The van der Waals surface area contributed by atoms with E-state index in [0.717, 1.165) is 21.3 Å². The molecule has 1 amide bonds.